The molecule has 0 spiro atoms. The van der Waals surface area contributed by atoms with Crippen molar-refractivity contribution in [1.29, 1.82) is 0 Å². The Morgan fingerprint density at radius 3 is 3.14 bits per heavy atom. The molecule has 0 N–H and O–H groups in total. The van der Waals surface area contributed by atoms with E-state index in [0.717, 1.165) is 36.2 Å². The Balaban J connectivity index is 1.90. The molecule has 1 aliphatic heterocycles. The molecule has 3 aromatic rings. The van der Waals surface area contributed by atoms with Crippen molar-refractivity contribution in [3.8, 4) is 28.6 Å². The number of fused-ring (bicyclic) bond motifs is 1. The summed E-state index contributed by atoms with van der Waals surface area (Å²) in [7, 11) is 1.54. The van der Waals surface area contributed by atoms with Crippen molar-refractivity contribution in [3.05, 3.63) is 38.9 Å². The Labute approximate surface area is 130 Å². The predicted molar refractivity (Wildman–Crippen MR) is 82.2 cm³/mol. The summed E-state index contributed by atoms with van der Waals surface area (Å²) in [5, 5.41) is 7.96. The first kappa shape index (κ1) is 13.3. The lowest BCUT2D eigenvalue weighted by molar-refractivity contribution is 0.402. The summed E-state index contributed by atoms with van der Waals surface area (Å²) in [4.78, 5) is 16.6. The fourth-order valence-corrected chi connectivity index (χ4v) is 3.44. The molecule has 0 amide bonds. The highest BCUT2D eigenvalue weighted by atomic mass is 32.1. The van der Waals surface area contributed by atoms with E-state index in [1.165, 1.54) is 6.07 Å². The molecular formula is C15H13N3O3S. The number of thiophene rings is 1. The zero-order valence-electron chi connectivity index (χ0n) is 11.9. The molecule has 6 nitrogen and oxygen atoms in total. The summed E-state index contributed by atoms with van der Waals surface area (Å²) in [6.07, 6.45) is 1.73. The minimum atomic E-state index is -0.0503. The van der Waals surface area contributed by atoms with E-state index in [1.807, 2.05) is 16.8 Å². The van der Waals surface area contributed by atoms with Crippen LogP contribution in [0, 0.1) is 0 Å². The first-order chi connectivity index (χ1) is 10.8. The lowest BCUT2D eigenvalue weighted by Gasteiger charge is -2.11. The van der Waals surface area contributed by atoms with Crippen molar-refractivity contribution in [2.24, 2.45) is 0 Å². The molecule has 0 aromatic carbocycles. The molecule has 0 unspecified atom stereocenters. The smallest absolute Gasteiger partial charge is 0.263 e. The van der Waals surface area contributed by atoms with Gasteiger partial charge in [0.1, 0.15) is 11.3 Å². The van der Waals surface area contributed by atoms with E-state index in [1.54, 1.807) is 23.0 Å². The average Bonchev–Trinajstić information content (AvgIpc) is 3.26. The molecule has 0 aliphatic carbocycles. The topological polar surface area (TPSA) is 70.2 Å². The van der Waals surface area contributed by atoms with Crippen LogP contribution in [0.1, 0.15) is 12.1 Å². The van der Waals surface area contributed by atoms with Gasteiger partial charge in [-0.1, -0.05) is 5.16 Å². The summed E-state index contributed by atoms with van der Waals surface area (Å²) in [6.45, 7) is 0.719. The Morgan fingerprint density at radius 2 is 2.36 bits per heavy atom. The molecule has 4 rings (SSSR count). The highest BCUT2D eigenvalue weighted by molar-refractivity contribution is 7.08. The van der Waals surface area contributed by atoms with Gasteiger partial charge in [-0.25, -0.2) is 0 Å². The van der Waals surface area contributed by atoms with Crippen LogP contribution >= 0.6 is 11.3 Å². The van der Waals surface area contributed by atoms with Gasteiger partial charge in [-0.05, 0) is 24.3 Å². The van der Waals surface area contributed by atoms with E-state index >= 15 is 0 Å². The summed E-state index contributed by atoms with van der Waals surface area (Å²) in [5.74, 6) is 1.42. The maximum atomic E-state index is 12.1. The molecule has 0 radical (unpaired) electrons. The third kappa shape index (κ3) is 1.97. The second-order valence-electron chi connectivity index (χ2n) is 5.06. The SMILES string of the molecule is COc1cc(=O)n2c(c1-c1nc(-c3ccsc3)no1)CCC2. The van der Waals surface area contributed by atoms with Crippen molar-refractivity contribution in [1.82, 2.24) is 14.7 Å². The highest BCUT2D eigenvalue weighted by Gasteiger charge is 2.25. The predicted octanol–water partition coefficient (Wildman–Crippen LogP) is 2.58. The van der Waals surface area contributed by atoms with Gasteiger partial charge in [-0.2, -0.15) is 16.3 Å². The van der Waals surface area contributed by atoms with Crippen LogP contribution in [0.25, 0.3) is 22.8 Å². The molecule has 112 valence electrons. The van der Waals surface area contributed by atoms with Gasteiger partial charge >= 0.3 is 0 Å². The molecule has 0 fully saturated rings. The number of methoxy groups -OCH3 is 1. The number of nitrogens with zero attached hydrogens (tertiary/aromatic N) is 3. The van der Waals surface area contributed by atoms with E-state index in [9.17, 15) is 4.79 Å². The number of hydrogen-bond acceptors (Lipinski definition) is 6. The van der Waals surface area contributed by atoms with Crippen LogP contribution in [0.5, 0.6) is 5.75 Å². The molecule has 0 bridgehead atoms. The minimum absolute atomic E-state index is 0.0503. The molecule has 4 heterocycles. The number of hydrogen-bond donors (Lipinski definition) is 0. The van der Waals surface area contributed by atoms with Crippen molar-refractivity contribution in [2.45, 2.75) is 19.4 Å². The van der Waals surface area contributed by atoms with Crippen LogP contribution < -0.4 is 10.3 Å². The molecule has 0 saturated heterocycles. The lowest BCUT2D eigenvalue weighted by atomic mass is 10.1. The summed E-state index contributed by atoms with van der Waals surface area (Å²) in [6, 6.07) is 3.43. The minimum Gasteiger partial charge on any atom is -0.496 e. The molecule has 22 heavy (non-hydrogen) atoms. The van der Waals surface area contributed by atoms with Crippen LogP contribution in [0.15, 0.2) is 32.2 Å². The maximum absolute atomic E-state index is 12.1. The van der Waals surface area contributed by atoms with Crippen molar-refractivity contribution in [3.63, 3.8) is 0 Å². The third-order valence-corrected chi connectivity index (χ3v) is 4.50. The fourth-order valence-electron chi connectivity index (χ4n) is 2.81. The largest absolute Gasteiger partial charge is 0.496 e. The molecule has 0 saturated carbocycles. The Kier molecular flexibility index (Phi) is 3.07. The lowest BCUT2D eigenvalue weighted by Crippen LogP contribution is -2.19. The van der Waals surface area contributed by atoms with Gasteiger partial charge in [0.15, 0.2) is 0 Å². The van der Waals surface area contributed by atoms with Gasteiger partial charge in [0, 0.05) is 29.2 Å². The van der Waals surface area contributed by atoms with Crippen LogP contribution in [0.2, 0.25) is 0 Å². The average molecular weight is 315 g/mol. The van der Waals surface area contributed by atoms with Gasteiger partial charge < -0.3 is 13.8 Å². The van der Waals surface area contributed by atoms with Crippen LogP contribution in [-0.2, 0) is 13.0 Å². The van der Waals surface area contributed by atoms with Crippen molar-refractivity contribution in [2.75, 3.05) is 7.11 Å². The first-order valence-corrected chi connectivity index (χ1v) is 7.89. The van der Waals surface area contributed by atoms with Crippen LogP contribution in [-0.4, -0.2) is 21.8 Å². The number of rotatable bonds is 3. The van der Waals surface area contributed by atoms with E-state index in [2.05, 4.69) is 10.1 Å². The van der Waals surface area contributed by atoms with Gasteiger partial charge in [0.25, 0.3) is 11.4 Å². The van der Waals surface area contributed by atoms with Crippen LogP contribution in [0.3, 0.4) is 0 Å². The number of pyridine rings is 1. The van der Waals surface area contributed by atoms with Gasteiger partial charge in [0.2, 0.25) is 5.82 Å². The van der Waals surface area contributed by atoms with E-state index in [-0.39, 0.29) is 5.56 Å². The Morgan fingerprint density at radius 1 is 1.45 bits per heavy atom. The van der Waals surface area contributed by atoms with E-state index in [0.29, 0.717) is 17.5 Å². The van der Waals surface area contributed by atoms with E-state index < -0.39 is 0 Å². The normalized spacial score (nSPS) is 13.3. The van der Waals surface area contributed by atoms with Crippen molar-refractivity contribution < 1.29 is 9.26 Å². The number of aromatic nitrogens is 3. The first-order valence-electron chi connectivity index (χ1n) is 6.95. The Hall–Kier alpha value is -2.41. The summed E-state index contributed by atoms with van der Waals surface area (Å²) in [5.41, 5.74) is 2.51. The second-order valence-corrected chi connectivity index (χ2v) is 5.84. The zero-order valence-corrected chi connectivity index (χ0v) is 12.7. The maximum Gasteiger partial charge on any atom is 0.263 e. The van der Waals surface area contributed by atoms with Crippen molar-refractivity contribution >= 4 is 11.3 Å². The van der Waals surface area contributed by atoms with Gasteiger partial charge in [-0.3, -0.25) is 4.79 Å². The zero-order chi connectivity index (χ0) is 15.1. The molecule has 0 atom stereocenters. The number of ether oxygens (including phenoxy) is 1. The standard InChI is InChI=1S/C15H13N3O3S/c1-20-11-7-12(19)18-5-2-3-10(18)13(11)15-16-14(17-21-15)9-4-6-22-8-9/h4,6-8H,2-3,5H2,1H3. The summed E-state index contributed by atoms with van der Waals surface area (Å²) >= 11 is 1.58. The Bertz CT molecular complexity index is 880. The summed E-state index contributed by atoms with van der Waals surface area (Å²) < 4.78 is 12.6. The molecule has 7 heteroatoms. The quantitative estimate of drug-likeness (QED) is 0.743. The molecule has 1 aliphatic rings. The van der Waals surface area contributed by atoms with E-state index in [4.69, 9.17) is 9.26 Å². The van der Waals surface area contributed by atoms with Gasteiger partial charge in [-0.15, -0.1) is 0 Å². The molecule has 3 aromatic heterocycles. The fraction of sp³-hybridized carbons (Fsp3) is 0.267. The van der Waals surface area contributed by atoms with Crippen LogP contribution in [0.4, 0.5) is 0 Å². The molecular weight excluding hydrogens is 302 g/mol. The third-order valence-electron chi connectivity index (χ3n) is 3.82. The second kappa shape index (κ2) is 5.10. The highest BCUT2D eigenvalue weighted by Crippen LogP contribution is 2.35. The van der Waals surface area contributed by atoms with Gasteiger partial charge in [0.05, 0.1) is 7.11 Å². The monoisotopic (exact) mass is 315 g/mol.